The fourth-order valence-corrected chi connectivity index (χ4v) is 2.64. The zero-order valence-corrected chi connectivity index (χ0v) is 8.73. The monoisotopic (exact) mass is 202 g/mol. The first-order valence-electron chi connectivity index (χ1n) is 5.71. The number of nitrogens with one attached hydrogen (secondary N) is 1. The molecule has 2 aliphatic rings. The Morgan fingerprint density at radius 3 is 3.33 bits per heavy atom. The highest BCUT2D eigenvalue weighted by Crippen LogP contribution is 2.28. The van der Waals surface area contributed by atoms with Gasteiger partial charge in [-0.2, -0.15) is 0 Å². The average molecular weight is 202 g/mol. The van der Waals surface area contributed by atoms with Gasteiger partial charge in [-0.25, -0.2) is 0 Å². The van der Waals surface area contributed by atoms with Gasteiger partial charge in [0.15, 0.2) is 0 Å². The van der Waals surface area contributed by atoms with Crippen LogP contribution in [0, 0.1) is 5.92 Å². The second-order valence-corrected chi connectivity index (χ2v) is 4.46. The van der Waals surface area contributed by atoms with Crippen LogP contribution in [0.3, 0.4) is 0 Å². The summed E-state index contributed by atoms with van der Waals surface area (Å²) in [5, 5.41) is 3.57. The molecule has 3 nitrogen and oxygen atoms in total. The SMILES string of the molecule is c1cncc(B2N[C@@H]3CCC[C@@H]3CO2)c1. The van der Waals surface area contributed by atoms with Crippen molar-refractivity contribution in [2.24, 2.45) is 5.92 Å². The fraction of sp³-hybridized carbons (Fsp3) is 0.545. The van der Waals surface area contributed by atoms with Crippen LogP contribution < -0.4 is 10.7 Å². The summed E-state index contributed by atoms with van der Waals surface area (Å²) < 4.78 is 5.83. The molecule has 1 saturated carbocycles. The van der Waals surface area contributed by atoms with Crippen molar-refractivity contribution in [2.45, 2.75) is 25.3 Å². The van der Waals surface area contributed by atoms with Gasteiger partial charge in [0.05, 0.1) is 0 Å². The molecule has 1 aliphatic heterocycles. The first kappa shape index (κ1) is 9.37. The van der Waals surface area contributed by atoms with Gasteiger partial charge in [-0.15, -0.1) is 0 Å². The second-order valence-electron chi connectivity index (χ2n) is 4.46. The van der Waals surface area contributed by atoms with E-state index in [0.29, 0.717) is 6.04 Å². The molecular formula is C11H15BN2O. The zero-order valence-electron chi connectivity index (χ0n) is 8.73. The molecule has 1 aromatic heterocycles. The van der Waals surface area contributed by atoms with E-state index >= 15 is 0 Å². The van der Waals surface area contributed by atoms with Crippen molar-refractivity contribution >= 4 is 12.5 Å². The molecule has 1 saturated heterocycles. The topological polar surface area (TPSA) is 34.2 Å². The molecule has 78 valence electrons. The Morgan fingerprint density at radius 1 is 1.47 bits per heavy atom. The van der Waals surface area contributed by atoms with Crippen LogP contribution >= 0.6 is 0 Å². The van der Waals surface area contributed by atoms with Crippen LogP contribution in [-0.4, -0.2) is 24.7 Å². The standard InChI is InChI=1S/C11H15BN2O/c1-3-9-8-15-12(14-11(9)5-1)10-4-2-6-13-7-10/h2,4,6-7,9,11,14H,1,3,5,8H2/t9-,11-/m1/s1. The van der Waals surface area contributed by atoms with Crippen molar-refractivity contribution in [3.8, 4) is 0 Å². The van der Waals surface area contributed by atoms with Crippen molar-refractivity contribution in [1.82, 2.24) is 10.2 Å². The third kappa shape index (κ3) is 1.79. The summed E-state index contributed by atoms with van der Waals surface area (Å²) in [6.07, 6.45) is 7.63. The van der Waals surface area contributed by atoms with Gasteiger partial charge in [0.25, 0.3) is 0 Å². The molecule has 2 atom stereocenters. The van der Waals surface area contributed by atoms with Crippen LogP contribution in [0.2, 0.25) is 0 Å². The Kier molecular flexibility index (Phi) is 2.47. The summed E-state index contributed by atoms with van der Waals surface area (Å²) in [6, 6.07) is 4.69. The maximum atomic E-state index is 5.83. The van der Waals surface area contributed by atoms with Gasteiger partial charge < -0.3 is 9.88 Å². The van der Waals surface area contributed by atoms with Crippen molar-refractivity contribution < 1.29 is 4.65 Å². The van der Waals surface area contributed by atoms with E-state index in [1.807, 2.05) is 12.3 Å². The van der Waals surface area contributed by atoms with Crippen LogP contribution in [-0.2, 0) is 4.65 Å². The molecule has 0 unspecified atom stereocenters. The summed E-state index contributed by atoms with van der Waals surface area (Å²) in [7, 11) is 0.0537. The van der Waals surface area contributed by atoms with Crippen LogP contribution in [0.4, 0.5) is 0 Å². The highest BCUT2D eigenvalue weighted by atomic mass is 16.4. The van der Waals surface area contributed by atoms with Crippen LogP contribution in [0.25, 0.3) is 0 Å². The lowest BCUT2D eigenvalue weighted by Gasteiger charge is -2.31. The molecule has 15 heavy (non-hydrogen) atoms. The minimum absolute atomic E-state index is 0.0537. The molecular weight excluding hydrogens is 187 g/mol. The number of hydrogen-bond acceptors (Lipinski definition) is 3. The molecule has 0 aromatic carbocycles. The van der Waals surface area contributed by atoms with E-state index in [0.717, 1.165) is 18.0 Å². The van der Waals surface area contributed by atoms with E-state index in [1.54, 1.807) is 6.20 Å². The molecule has 4 heteroatoms. The summed E-state index contributed by atoms with van der Waals surface area (Å²) in [4.78, 5) is 4.13. The van der Waals surface area contributed by atoms with Crippen molar-refractivity contribution in [2.75, 3.05) is 6.61 Å². The molecule has 0 spiro atoms. The number of nitrogens with zero attached hydrogens (tertiary/aromatic N) is 1. The maximum absolute atomic E-state index is 5.83. The number of hydrogen-bond donors (Lipinski definition) is 1. The van der Waals surface area contributed by atoms with E-state index in [4.69, 9.17) is 4.65 Å². The van der Waals surface area contributed by atoms with Gasteiger partial charge in [0, 0.05) is 25.0 Å². The van der Waals surface area contributed by atoms with Crippen molar-refractivity contribution in [3.05, 3.63) is 24.5 Å². The van der Waals surface area contributed by atoms with E-state index in [2.05, 4.69) is 16.3 Å². The van der Waals surface area contributed by atoms with Gasteiger partial charge in [0.2, 0.25) is 0 Å². The predicted octanol–water partition coefficient (Wildman–Crippen LogP) is 0.565. The normalized spacial score (nSPS) is 30.3. The molecule has 2 heterocycles. The van der Waals surface area contributed by atoms with Gasteiger partial charge >= 0.3 is 7.05 Å². The van der Waals surface area contributed by atoms with Crippen molar-refractivity contribution in [3.63, 3.8) is 0 Å². The molecule has 1 aliphatic carbocycles. The first-order valence-corrected chi connectivity index (χ1v) is 5.71. The minimum atomic E-state index is 0.0537. The number of aromatic nitrogens is 1. The molecule has 0 amide bonds. The summed E-state index contributed by atoms with van der Waals surface area (Å²) >= 11 is 0. The predicted molar refractivity (Wildman–Crippen MR) is 59.8 cm³/mol. The largest absolute Gasteiger partial charge is 0.417 e. The maximum Gasteiger partial charge on any atom is 0.417 e. The van der Waals surface area contributed by atoms with E-state index in [9.17, 15) is 0 Å². The molecule has 1 aromatic rings. The van der Waals surface area contributed by atoms with Crippen LogP contribution in [0.1, 0.15) is 19.3 Å². The summed E-state index contributed by atoms with van der Waals surface area (Å²) in [5.74, 6) is 0.734. The first-order chi connectivity index (χ1) is 7.43. The number of pyridine rings is 1. The smallest absolute Gasteiger partial charge is 0.417 e. The molecule has 0 bridgehead atoms. The third-order valence-electron chi connectivity index (χ3n) is 3.49. The summed E-state index contributed by atoms with van der Waals surface area (Å²) in [5.41, 5.74) is 1.14. The van der Waals surface area contributed by atoms with Gasteiger partial charge in [-0.1, -0.05) is 12.5 Å². The van der Waals surface area contributed by atoms with E-state index < -0.39 is 0 Å². The average Bonchev–Trinajstić information content (AvgIpc) is 2.77. The molecule has 1 N–H and O–H groups in total. The van der Waals surface area contributed by atoms with Gasteiger partial charge in [-0.3, -0.25) is 4.98 Å². The Labute approximate surface area is 90.4 Å². The minimum Gasteiger partial charge on any atom is -0.417 e. The second kappa shape index (κ2) is 3.95. The zero-order chi connectivity index (χ0) is 10.1. The number of rotatable bonds is 1. The third-order valence-corrected chi connectivity index (χ3v) is 3.49. The van der Waals surface area contributed by atoms with Gasteiger partial charge in [-0.05, 0) is 30.3 Å². The van der Waals surface area contributed by atoms with Crippen LogP contribution in [0.5, 0.6) is 0 Å². The molecule has 2 fully saturated rings. The highest BCUT2D eigenvalue weighted by Gasteiger charge is 2.36. The lowest BCUT2D eigenvalue weighted by atomic mass is 9.71. The Balaban J connectivity index is 1.74. The Morgan fingerprint density at radius 2 is 2.47 bits per heavy atom. The van der Waals surface area contributed by atoms with Crippen LogP contribution in [0.15, 0.2) is 24.5 Å². The Hall–Kier alpha value is -0.865. The Bertz CT molecular complexity index is 333. The molecule has 3 rings (SSSR count). The van der Waals surface area contributed by atoms with Gasteiger partial charge in [0.1, 0.15) is 0 Å². The fourth-order valence-electron chi connectivity index (χ4n) is 2.64. The van der Waals surface area contributed by atoms with E-state index in [-0.39, 0.29) is 7.05 Å². The van der Waals surface area contributed by atoms with E-state index in [1.165, 1.54) is 19.3 Å². The summed E-state index contributed by atoms with van der Waals surface area (Å²) in [6.45, 7) is 0.900. The highest BCUT2D eigenvalue weighted by molar-refractivity contribution is 6.65. The van der Waals surface area contributed by atoms with Crippen molar-refractivity contribution in [1.29, 1.82) is 0 Å². The lowest BCUT2D eigenvalue weighted by Crippen LogP contribution is -2.58. The molecule has 0 radical (unpaired) electrons. The quantitative estimate of drug-likeness (QED) is 0.676. The number of fused-ring (bicyclic) bond motifs is 1. The lowest BCUT2D eigenvalue weighted by molar-refractivity contribution is 0.197.